The van der Waals surface area contributed by atoms with Crippen molar-refractivity contribution in [2.75, 3.05) is 20.8 Å². The maximum absolute atomic E-state index is 11.9. The number of benzene rings is 2. The molecule has 0 bridgehead atoms. The summed E-state index contributed by atoms with van der Waals surface area (Å²) in [5.41, 5.74) is 1.61. The predicted octanol–water partition coefficient (Wildman–Crippen LogP) is 2.22. The fraction of sp³-hybridized carbons (Fsp3) is 0.350. The van der Waals surface area contributed by atoms with Crippen LogP contribution in [0.4, 0.5) is 0 Å². The molecule has 0 spiro atoms. The monoisotopic (exact) mass is 406 g/mol. The molecule has 2 rings (SSSR count). The summed E-state index contributed by atoms with van der Waals surface area (Å²) in [5.74, 6) is 1.38. The van der Waals surface area contributed by atoms with E-state index in [-0.39, 0.29) is 11.7 Å². The molecule has 0 unspecified atom stereocenters. The third kappa shape index (κ3) is 7.58. The van der Waals surface area contributed by atoms with Gasteiger partial charge >= 0.3 is 0 Å². The third-order valence-electron chi connectivity index (χ3n) is 4.06. The third-order valence-corrected chi connectivity index (χ3v) is 5.39. The highest BCUT2D eigenvalue weighted by molar-refractivity contribution is 7.88. The molecule has 0 radical (unpaired) electrons. The molecule has 0 aliphatic heterocycles. The number of sulfonamides is 1. The van der Waals surface area contributed by atoms with Crippen LogP contribution in [0.1, 0.15) is 24.0 Å². The van der Waals surface area contributed by atoms with Crippen molar-refractivity contribution >= 4 is 15.9 Å². The number of methoxy groups -OCH3 is 1. The molecule has 0 saturated heterocycles. The predicted molar refractivity (Wildman–Crippen MR) is 108 cm³/mol. The second-order valence-electron chi connectivity index (χ2n) is 6.18. The first kappa shape index (κ1) is 21.7. The minimum absolute atomic E-state index is 0.0554. The Morgan fingerprint density at radius 2 is 1.57 bits per heavy atom. The van der Waals surface area contributed by atoms with Gasteiger partial charge in [-0.25, -0.2) is 13.1 Å². The van der Waals surface area contributed by atoms with Gasteiger partial charge in [0.15, 0.2) is 0 Å². The Morgan fingerprint density at radius 1 is 0.964 bits per heavy atom. The second-order valence-corrected chi connectivity index (χ2v) is 8.11. The van der Waals surface area contributed by atoms with Gasteiger partial charge in [0, 0.05) is 13.0 Å². The highest BCUT2D eigenvalue weighted by Gasteiger charge is 2.08. The Hall–Kier alpha value is -2.58. The molecule has 2 N–H and O–H groups in total. The summed E-state index contributed by atoms with van der Waals surface area (Å²) in [7, 11) is -0.287. The van der Waals surface area contributed by atoms with Gasteiger partial charge < -0.3 is 14.8 Å². The van der Waals surface area contributed by atoms with Gasteiger partial charge in [0.1, 0.15) is 11.5 Å². The molecule has 2 aromatic carbocycles. The van der Waals surface area contributed by atoms with Crippen LogP contribution in [0.15, 0.2) is 48.5 Å². The number of amides is 1. The molecule has 2 aromatic rings. The van der Waals surface area contributed by atoms with Gasteiger partial charge in [-0.2, -0.15) is 0 Å². The Bertz CT molecular complexity index is 849. The summed E-state index contributed by atoms with van der Waals surface area (Å²) < 4.78 is 36.0. The van der Waals surface area contributed by atoms with E-state index in [1.807, 2.05) is 36.4 Å². The van der Waals surface area contributed by atoms with Crippen LogP contribution < -0.4 is 19.5 Å². The van der Waals surface area contributed by atoms with E-state index in [0.29, 0.717) is 31.6 Å². The molecular formula is C20H26N2O5S. The minimum Gasteiger partial charge on any atom is -0.497 e. The molecule has 152 valence electrons. The number of carbonyl (C=O) groups excluding carboxylic acids is 1. The van der Waals surface area contributed by atoms with Crippen LogP contribution in [0.2, 0.25) is 0 Å². The van der Waals surface area contributed by atoms with Gasteiger partial charge in [-0.05, 0) is 48.9 Å². The van der Waals surface area contributed by atoms with Gasteiger partial charge in [-0.15, -0.1) is 0 Å². The van der Waals surface area contributed by atoms with Crippen molar-refractivity contribution in [3.8, 4) is 11.5 Å². The van der Waals surface area contributed by atoms with Gasteiger partial charge in [0.2, 0.25) is 15.9 Å². The Kier molecular flexibility index (Phi) is 8.28. The van der Waals surface area contributed by atoms with Crippen LogP contribution in [0, 0.1) is 0 Å². The largest absolute Gasteiger partial charge is 0.497 e. The standard InChI is InChI=1S/C20H26N2O5S/c1-21-28(24,25)15-17-7-5-16(6-8-17)14-22-20(23)4-3-13-27-19-11-9-18(26-2)10-12-19/h5-12,21H,3-4,13-15H2,1-2H3,(H,22,23). The zero-order valence-electron chi connectivity index (χ0n) is 16.1. The van der Waals surface area contributed by atoms with E-state index >= 15 is 0 Å². The van der Waals surface area contributed by atoms with Crippen molar-refractivity contribution < 1.29 is 22.7 Å². The van der Waals surface area contributed by atoms with Crippen LogP contribution in [0.3, 0.4) is 0 Å². The van der Waals surface area contributed by atoms with Crippen LogP contribution in [-0.2, 0) is 27.1 Å². The molecular weight excluding hydrogens is 380 g/mol. The van der Waals surface area contributed by atoms with Crippen LogP contribution in [0.25, 0.3) is 0 Å². The number of nitrogens with one attached hydrogen (secondary N) is 2. The van der Waals surface area contributed by atoms with Gasteiger partial charge in [0.05, 0.1) is 19.5 Å². The van der Waals surface area contributed by atoms with Gasteiger partial charge in [-0.3, -0.25) is 4.79 Å². The lowest BCUT2D eigenvalue weighted by Crippen LogP contribution is -2.23. The average Bonchev–Trinajstić information content (AvgIpc) is 2.71. The molecule has 0 aromatic heterocycles. The topological polar surface area (TPSA) is 93.7 Å². The van der Waals surface area contributed by atoms with E-state index in [9.17, 15) is 13.2 Å². The van der Waals surface area contributed by atoms with Crippen LogP contribution in [0.5, 0.6) is 11.5 Å². The zero-order valence-corrected chi connectivity index (χ0v) is 16.9. The maximum atomic E-state index is 11.9. The first-order chi connectivity index (χ1) is 13.4. The van der Waals surface area contributed by atoms with Crippen molar-refractivity contribution in [2.45, 2.75) is 25.1 Å². The first-order valence-corrected chi connectivity index (χ1v) is 10.6. The van der Waals surface area contributed by atoms with Crippen molar-refractivity contribution in [2.24, 2.45) is 0 Å². The second kappa shape index (κ2) is 10.7. The van der Waals surface area contributed by atoms with E-state index < -0.39 is 10.0 Å². The molecule has 28 heavy (non-hydrogen) atoms. The fourth-order valence-corrected chi connectivity index (χ4v) is 3.20. The fourth-order valence-electron chi connectivity index (χ4n) is 2.43. The molecule has 0 aliphatic rings. The average molecular weight is 407 g/mol. The van der Waals surface area contributed by atoms with E-state index in [1.165, 1.54) is 7.05 Å². The van der Waals surface area contributed by atoms with Crippen LogP contribution in [-0.4, -0.2) is 35.1 Å². The summed E-state index contributed by atoms with van der Waals surface area (Å²) in [5, 5.41) is 2.85. The Morgan fingerprint density at radius 3 is 2.18 bits per heavy atom. The zero-order chi connectivity index (χ0) is 20.4. The summed E-state index contributed by atoms with van der Waals surface area (Å²) in [6.45, 7) is 0.853. The van der Waals surface area contributed by atoms with Crippen molar-refractivity contribution in [1.82, 2.24) is 10.0 Å². The van der Waals surface area contributed by atoms with Crippen LogP contribution >= 0.6 is 0 Å². The number of ether oxygens (including phenoxy) is 2. The summed E-state index contributed by atoms with van der Waals surface area (Å²) in [6, 6.07) is 14.4. The smallest absolute Gasteiger partial charge is 0.220 e. The number of carbonyl (C=O) groups is 1. The summed E-state index contributed by atoms with van der Waals surface area (Å²) in [4.78, 5) is 11.9. The highest BCUT2D eigenvalue weighted by atomic mass is 32.2. The highest BCUT2D eigenvalue weighted by Crippen LogP contribution is 2.17. The Balaban J connectivity index is 1.66. The quantitative estimate of drug-likeness (QED) is 0.558. The van der Waals surface area contributed by atoms with Gasteiger partial charge in [-0.1, -0.05) is 24.3 Å². The lowest BCUT2D eigenvalue weighted by molar-refractivity contribution is -0.121. The molecule has 0 fully saturated rings. The SMILES string of the molecule is CNS(=O)(=O)Cc1ccc(CNC(=O)CCCOc2ccc(OC)cc2)cc1. The maximum Gasteiger partial charge on any atom is 0.220 e. The van der Waals surface area contributed by atoms with E-state index in [4.69, 9.17) is 9.47 Å². The van der Waals surface area contributed by atoms with E-state index in [0.717, 1.165) is 17.1 Å². The van der Waals surface area contributed by atoms with Crippen molar-refractivity contribution in [3.63, 3.8) is 0 Å². The van der Waals surface area contributed by atoms with Gasteiger partial charge in [0.25, 0.3) is 0 Å². The normalized spacial score (nSPS) is 11.1. The molecule has 8 heteroatoms. The summed E-state index contributed by atoms with van der Waals surface area (Å²) in [6.07, 6.45) is 0.979. The minimum atomic E-state index is -3.29. The summed E-state index contributed by atoms with van der Waals surface area (Å²) >= 11 is 0. The number of rotatable bonds is 11. The first-order valence-electron chi connectivity index (χ1n) is 8.94. The van der Waals surface area contributed by atoms with Crippen molar-refractivity contribution in [3.05, 3.63) is 59.7 Å². The van der Waals surface area contributed by atoms with E-state index in [2.05, 4.69) is 10.0 Å². The lowest BCUT2D eigenvalue weighted by Gasteiger charge is -2.08. The molecule has 1 amide bonds. The number of hydrogen-bond acceptors (Lipinski definition) is 5. The molecule has 0 heterocycles. The molecule has 0 aliphatic carbocycles. The molecule has 7 nitrogen and oxygen atoms in total. The number of hydrogen-bond donors (Lipinski definition) is 2. The Labute approximate surface area is 166 Å². The van der Waals surface area contributed by atoms with E-state index in [1.54, 1.807) is 19.2 Å². The van der Waals surface area contributed by atoms with Crippen molar-refractivity contribution in [1.29, 1.82) is 0 Å². The lowest BCUT2D eigenvalue weighted by atomic mass is 10.1. The molecule has 0 atom stereocenters. The molecule has 0 saturated carbocycles.